The Bertz CT molecular complexity index is 582. The van der Waals surface area contributed by atoms with Crippen LogP contribution in [-0.2, 0) is 6.42 Å². The minimum Gasteiger partial charge on any atom is -0.504 e. The summed E-state index contributed by atoms with van der Waals surface area (Å²) in [6.07, 6.45) is 2.59. The van der Waals surface area contributed by atoms with Crippen LogP contribution in [0.3, 0.4) is 0 Å². The number of pyridine rings is 1. The predicted octanol–water partition coefficient (Wildman–Crippen LogP) is 3.00. The summed E-state index contributed by atoms with van der Waals surface area (Å²) in [5.74, 6) is 0.582. The van der Waals surface area contributed by atoms with Crippen molar-refractivity contribution < 1.29 is 14.6 Å². The van der Waals surface area contributed by atoms with E-state index < -0.39 is 0 Å². The van der Waals surface area contributed by atoms with E-state index in [0.29, 0.717) is 30.9 Å². The van der Waals surface area contributed by atoms with Gasteiger partial charge in [-0.05, 0) is 43.2 Å². The highest BCUT2D eigenvalue weighted by Gasteiger charge is 2.08. The molecule has 0 unspecified atom stereocenters. The molecule has 1 aromatic heterocycles. The minimum atomic E-state index is 0.0108. The summed E-state index contributed by atoms with van der Waals surface area (Å²) < 4.78 is 5.32. The Balaban J connectivity index is 2.00. The van der Waals surface area contributed by atoms with Gasteiger partial charge in [0.2, 0.25) is 0 Å². The van der Waals surface area contributed by atoms with Crippen LogP contribution in [0, 0.1) is 0 Å². The van der Waals surface area contributed by atoms with E-state index in [-0.39, 0.29) is 11.5 Å². The Morgan fingerprint density at radius 2 is 2.15 bits per heavy atom. The molecule has 0 aliphatic carbocycles. The SMILES string of the molecule is CCOc1cc(CCC(=O)c2ccccn2)ccc1O. The second-order valence-corrected chi connectivity index (χ2v) is 4.37. The van der Waals surface area contributed by atoms with Crippen molar-refractivity contribution in [2.75, 3.05) is 6.61 Å². The van der Waals surface area contributed by atoms with Crippen molar-refractivity contribution in [3.8, 4) is 11.5 Å². The second kappa shape index (κ2) is 6.70. The average molecular weight is 271 g/mol. The molecule has 0 amide bonds. The molecule has 4 heteroatoms. The third kappa shape index (κ3) is 3.57. The quantitative estimate of drug-likeness (QED) is 0.820. The molecule has 0 aliphatic rings. The van der Waals surface area contributed by atoms with E-state index in [1.54, 1.807) is 42.6 Å². The van der Waals surface area contributed by atoms with E-state index in [1.807, 2.05) is 6.92 Å². The van der Waals surface area contributed by atoms with Gasteiger partial charge in [0.15, 0.2) is 17.3 Å². The Morgan fingerprint density at radius 3 is 2.85 bits per heavy atom. The number of hydrogen-bond acceptors (Lipinski definition) is 4. The van der Waals surface area contributed by atoms with Crippen molar-refractivity contribution in [3.63, 3.8) is 0 Å². The van der Waals surface area contributed by atoms with Crippen LogP contribution in [-0.4, -0.2) is 22.5 Å². The number of aromatic hydroxyl groups is 1. The number of aryl methyl sites for hydroxylation is 1. The molecular weight excluding hydrogens is 254 g/mol. The zero-order valence-electron chi connectivity index (χ0n) is 11.4. The van der Waals surface area contributed by atoms with Crippen molar-refractivity contribution >= 4 is 5.78 Å². The lowest BCUT2D eigenvalue weighted by Crippen LogP contribution is -2.03. The number of aromatic nitrogens is 1. The molecule has 0 radical (unpaired) electrons. The second-order valence-electron chi connectivity index (χ2n) is 4.37. The summed E-state index contributed by atoms with van der Waals surface area (Å²) in [4.78, 5) is 16.0. The number of rotatable bonds is 6. The van der Waals surface area contributed by atoms with Gasteiger partial charge in [0.05, 0.1) is 6.61 Å². The van der Waals surface area contributed by atoms with Crippen LogP contribution in [0.4, 0.5) is 0 Å². The summed E-state index contributed by atoms with van der Waals surface area (Å²) in [6.45, 7) is 2.35. The van der Waals surface area contributed by atoms with Crippen molar-refractivity contribution in [2.45, 2.75) is 19.8 Å². The van der Waals surface area contributed by atoms with E-state index >= 15 is 0 Å². The topological polar surface area (TPSA) is 59.4 Å². The van der Waals surface area contributed by atoms with E-state index in [4.69, 9.17) is 4.74 Å². The number of Topliss-reactive ketones (excluding diaryl/α,β-unsaturated/α-hetero) is 1. The van der Waals surface area contributed by atoms with Gasteiger partial charge in [-0.1, -0.05) is 12.1 Å². The highest BCUT2D eigenvalue weighted by atomic mass is 16.5. The molecule has 0 fully saturated rings. The number of phenolic OH excluding ortho intramolecular Hbond substituents is 1. The largest absolute Gasteiger partial charge is 0.504 e. The van der Waals surface area contributed by atoms with Gasteiger partial charge < -0.3 is 9.84 Å². The molecule has 0 aliphatic heterocycles. The lowest BCUT2D eigenvalue weighted by atomic mass is 10.1. The fourth-order valence-corrected chi connectivity index (χ4v) is 1.90. The fraction of sp³-hybridized carbons (Fsp3) is 0.250. The van der Waals surface area contributed by atoms with E-state index in [2.05, 4.69) is 4.98 Å². The van der Waals surface area contributed by atoms with Crippen molar-refractivity contribution in [3.05, 3.63) is 53.9 Å². The molecule has 1 heterocycles. The van der Waals surface area contributed by atoms with Gasteiger partial charge in [-0.15, -0.1) is 0 Å². The molecule has 2 aromatic rings. The summed E-state index contributed by atoms with van der Waals surface area (Å²) in [7, 11) is 0. The van der Waals surface area contributed by atoms with Gasteiger partial charge in [-0.3, -0.25) is 9.78 Å². The molecule has 0 spiro atoms. The normalized spacial score (nSPS) is 10.2. The maximum Gasteiger partial charge on any atom is 0.181 e. The zero-order chi connectivity index (χ0) is 14.4. The summed E-state index contributed by atoms with van der Waals surface area (Å²) >= 11 is 0. The third-order valence-corrected chi connectivity index (χ3v) is 2.92. The number of ketones is 1. The number of carbonyl (C=O) groups is 1. The van der Waals surface area contributed by atoms with E-state index in [1.165, 1.54) is 0 Å². The lowest BCUT2D eigenvalue weighted by molar-refractivity contribution is 0.0978. The lowest BCUT2D eigenvalue weighted by Gasteiger charge is -2.08. The highest BCUT2D eigenvalue weighted by molar-refractivity contribution is 5.94. The van der Waals surface area contributed by atoms with Crippen molar-refractivity contribution in [2.24, 2.45) is 0 Å². The number of benzene rings is 1. The molecule has 1 aromatic carbocycles. The molecule has 0 saturated heterocycles. The molecule has 20 heavy (non-hydrogen) atoms. The number of nitrogens with zero attached hydrogens (tertiary/aromatic N) is 1. The smallest absolute Gasteiger partial charge is 0.181 e. The van der Waals surface area contributed by atoms with E-state index in [0.717, 1.165) is 5.56 Å². The number of hydrogen-bond donors (Lipinski definition) is 1. The first-order valence-corrected chi connectivity index (χ1v) is 6.59. The Labute approximate surface area is 118 Å². The van der Waals surface area contributed by atoms with Crippen LogP contribution >= 0.6 is 0 Å². The van der Waals surface area contributed by atoms with Gasteiger partial charge in [0.1, 0.15) is 5.69 Å². The average Bonchev–Trinajstić information content (AvgIpc) is 2.49. The third-order valence-electron chi connectivity index (χ3n) is 2.92. The van der Waals surface area contributed by atoms with Gasteiger partial charge in [0, 0.05) is 12.6 Å². The molecule has 0 saturated carbocycles. The Morgan fingerprint density at radius 1 is 1.30 bits per heavy atom. The standard InChI is InChI=1S/C16H17NO3/c1-2-20-16-11-12(7-9-15(16)19)6-8-14(18)13-5-3-4-10-17-13/h3-5,7,9-11,19H,2,6,8H2,1H3. The first-order chi connectivity index (χ1) is 9.70. The minimum absolute atomic E-state index is 0.0108. The van der Waals surface area contributed by atoms with Gasteiger partial charge in [-0.2, -0.15) is 0 Å². The van der Waals surface area contributed by atoms with Crippen LogP contribution in [0.1, 0.15) is 29.4 Å². The molecule has 4 nitrogen and oxygen atoms in total. The van der Waals surface area contributed by atoms with Gasteiger partial charge >= 0.3 is 0 Å². The predicted molar refractivity (Wildman–Crippen MR) is 76.2 cm³/mol. The highest BCUT2D eigenvalue weighted by Crippen LogP contribution is 2.27. The monoisotopic (exact) mass is 271 g/mol. The maximum absolute atomic E-state index is 12.0. The molecule has 1 N–H and O–H groups in total. The first-order valence-electron chi connectivity index (χ1n) is 6.59. The van der Waals surface area contributed by atoms with Crippen molar-refractivity contribution in [1.82, 2.24) is 4.98 Å². The molecular formula is C16H17NO3. The summed E-state index contributed by atoms with van der Waals surface area (Å²) in [5, 5.41) is 9.62. The fourth-order valence-electron chi connectivity index (χ4n) is 1.90. The Kier molecular flexibility index (Phi) is 4.71. The molecule has 2 rings (SSSR count). The number of carbonyl (C=O) groups excluding carboxylic acids is 1. The van der Waals surface area contributed by atoms with Gasteiger partial charge in [0.25, 0.3) is 0 Å². The van der Waals surface area contributed by atoms with Crippen LogP contribution < -0.4 is 4.74 Å². The van der Waals surface area contributed by atoms with Gasteiger partial charge in [-0.25, -0.2) is 0 Å². The van der Waals surface area contributed by atoms with Crippen LogP contribution in [0.25, 0.3) is 0 Å². The van der Waals surface area contributed by atoms with Crippen LogP contribution in [0.5, 0.6) is 11.5 Å². The summed E-state index contributed by atoms with van der Waals surface area (Å²) in [6, 6.07) is 10.4. The number of ether oxygens (including phenoxy) is 1. The first kappa shape index (κ1) is 14.1. The van der Waals surface area contributed by atoms with Crippen LogP contribution in [0.2, 0.25) is 0 Å². The molecule has 0 atom stereocenters. The Hall–Kier alpha value is -2.36. The maximum atomic E-state index is 12.0. The van der Waals surface area contributed by atoms with Crippen LogP contribution in [0.15, 0.2) is 42.6 Å². The van der Waals surface area contributed by atoms with Crippen molar-refractivity contribution in [1.29, 1.82) is 0 Å². The number of phenols is 1. The zero-order valence-corrected chi connectivity index (χ0v) is 11.4. The van der Waals surface area contributed by atoms with E-state index in [9.17, 15) is 9.90 Å². The summed E-state index contributed by atoms with van der Waals surface area (Å²) in [5.41, 5.74) is 1.44. The molecule has 104 valence electrons. The molecule has 0 bridgehead atoms.